The van der Waals surface area contributed by atoms with E-state index in [0.29, 0.717) is 5.92 Å². The molecular formula is C23H23P. The molecule has 120 valence electrons. The second-order valence-corrected chi connectivity index (χ2v) is 8.84. The Bertz CT molecular complexity index is 768. The van der Waals surface area contributed by atoms with Crippen LogP contribution in [0.5, 0.6) is 0 Å². The standard InChI is InChI=1S/C23H23P/c1-18-10-8-11-19-12-9-17-22(23(18)19)24(20-13-4-2-5-14-20)21-15-6-3-7-16-21/h2-7,9,12-18H,8,10-11H2,1H3/t18-/m1/s1. The molecule has 1 aliphatic carbocycles. The van der Waals surface area contributed by atoms with Crippen LogP contribution in [0.15, 0.2) is 78.9 Å². The van der Waals surface area contributed by atoms with E-state index in [2.05, 4.69) is 85.8 Å². The second kappa shape index (κ2) is 6.91. The Kier molecular flexibility index (Phi) is 4.50. The highest BCUT2D eigenvalue weighted by Gasteiger charge is 2.25. The molecule has 3 aromatic carbocycles. The van der Waals surface area contributed by atoms with Gasteiger partial charge >= 0.3 is 0 Å². The van der Waals surface area contributed by atoms with Crippen molar-refractivity contribution in [2.75, 3.05) is 0 Å². The number of benzene rings is 3. The molecule has 0 radical (unpaired) electrons. The van der Waals surface area contributed by atoms with Crippen LogP contribution in [-0.2, 0) is 6.42 Å². The fraction of sp³-hybridized carbons (Fsp3) is 0.217. The van der Waals surface area contributed by atoms with Crippen molar-refractivity contribution in [1.29, 1.82) is 0 Å². The Balaban J connectivity index is 1.93. The molecule has 0 N–H and O–H groups in total. The van der Waals surface area contributed by atoms with E-state index in [1.807, 2.05) is 0 Å². The average molecular weight is 330 g/mol. The molecule has 0 aliphatic heterocycles. The van der Waals surface area contributed by atoms with Crippen molar-refractivity contribution >= 4 is 23.8 Å². The summed E-state index contributed by atoms with van der Waals surface area (Å²) in [5.74, 6) is 0.669. The van der Waals surface area contributed by atoms with E-state index in [1.54, 1.807) is 16.4 Å². The van der Waals surface area contributed by atoms with Crippen molar-refractivity contribution in [3.05, 3.63) is 90.0 Å². The minimum Gasteiger partial charge on any atom is -0.0622 e. The van der Waals surface area contributed by atoms with Crippen LogP contribution in [0.25, 0.3) is 0 Å². The third-order valence-corrected chi connectivity index (χ3v) is 7.52. The van der Waals surface area contributed by atoms with Gasteiger partial charge in [0.05, 0.1) is 0 Å². The summed E-state index contributed by atoms with van der Waals surface area (Å²) in [4.78, 5) is 0. The zero-order chi connectivity index (χ0) is 16.4. The molecule has 1 heteroatoms. The van der Waals surface area contributed by atoms with Gasteiger partial charge < -0.3 is 0 Å². The van der Waals surface area contributed by atoms with Gasteiger partial charge in [-0.1, -0.05) is 85.8 Å². The maximum Gasteiger partial charge on any atom is -0.0114 e. The lowest BCUT2D eigenvalue weighted by Crippen LogP contribution is -2.26. The Morgan fingerprint density at radius 2 is 1.38 bits per heavy atom. The van der Waals surface area contributed by atoms with Crippen LogP contribution in [0.1, 0.15) is 36.8 Å². The first kappa shape index (κ1) is 15.6. The highest BCUT2D eigenvalue weighted by Crippen LogP contribution is 2.39. The Hall–Kier alpha value is -1.91. The average Bonchev–Trinajstić information content (AvgIpc) is 2.64. The van der Waals surface area contributed by atoms with Crippen LogP contribution in [0, 0.1) is 0 Å². The summed E-state index contributed by atoms with van der Waals surface area (Å²) in [7, 11) is -0.487. The molecule has 0 fully saturated rings. The molecule has 0 aromatic heterocycles. The molecule has 0 nitrogen and oxygen atoms in total. The number of hydrogen-bond acceptors (Lipinski definition) is 0. The van der Waals surface area contributed by atoms with E-state index in [4.69, 9.17) is 0 Å². The van der Waals surface area contributed by atoms with Crippen molar-refractivity contribution in [3.8, 4) is 0 Å². The summed E-state index contributed by atoms with van der Waals surface area (Å²) in [6.45, 7) is 2.41. The largest absolute Gasteiger partial charge is 0.0622 e. The summed E-state index contributed by atoms with van der Waals surface area (Å²) in [6.07, 6.45) is 3.88. The summed E-state index contributed by atoms with van der Waals surface area (Å²) < 4.78 is 0. The van der Waals surface area contributed by atoms with E-state index < -0.39 is 7.92 Å². The van der Waals surface area contributed by atoms with E-state index in [0.717, 1.165) is 0 Å². The van der Waals surface area contributed by atoms with Gasteiger partial charge in [-0.25, -0.2) is 0 Å². The zero-order valence-electron chi connectivity index (χ0n) is 14.2. The Morgan fingerprint density at radius 3 is 2.00 bits per heavy atom. The quantitative estimate of drug-likeness (QED) is 0.600. The first-order chi connectivity index (χ1) is 11.8. The smallest absolute Gasteiger partial charge is 0.0114 e. The molecule has 3 aromatic rings. The summed E-state index contributed by atoms with van der Waals surface area (Å²) in [6, 6.07) is 29.1. The van der Waals surface area contributed by atoms with Gasteiger partial charge in [0, 0.05) is 0 Å². The molecule has 1 atom stereocenters. The maximum atomic E-state index is 2.41. The van der Waals surface area contributed by atoms with Gasteiger partial charge in [0.15, 0.2) is 0 Å². The van der Waals surface area contributed by atoms with Crippen molar-refractivity contribution in [2.45, 2.75) is 32.1 Å². The predicted octanol–water partition coefficient (Wildman–Crippen LogP) is 4.88. The molecule has 0 saturated carbocycles. The van der Waals surface area contributed by atoms with Crippen LogP contribution in [-0.4, -0.2) is 0 Å². The Labute approximate surface area is 146 Å². The van der Waals surface area contributed by atoms with Crippen molar-refractivity contribution in [3.63, 3.8) is 0 Å². The molecule has 0 heterocycles. The van der Waals surface area contributed by atoms with Gasteiger partial charge in [-0.15, -0.1) is 0 Å². The number of rotatable bonds is 3. The molecule has 0 unspecified atom stereocenters. The van der Waals surface area contributed by atoms with Gasteiger partial charge in [-0.2, -0.15) is 0 Å². The molecular weight excluding hydrogens is 307 g/mol. The minimum atomic E-state index is -0.487. The van der Waals surface area contributed by atoms with Gasteiger partial charge in [0.25, 0.3) is 0 Å². The van der Waals surface area contributed by atoms with Crippen molar-refractivity contribution < 1.29 is 0 Å². The van der Waals surface area contributed by atoms with E-state index >= 15 is 0 Å². The highest BCUT2D eigenvalue weighted by atomic mass is 31.1. The van der Waals surface area contributed by atoms with Crippen LogP contribution >= 0.6 is 7.92 Å². The Morgan fingerprint density at radius 1 is 0.750 bits per heavy atom. The van der Waals surface area contributed by atoms with Crippen molar-refractivity contribution in [2.24, 2.45) is 0 Å². The fourth-order valence-electron chi connectivity index (χ4n) is 3.91. The minimum absolute atomic E-state index is 0.487. The molecule has 1 aliphatic rings. The SMILES string of the molecule is C[C@@H]1CCCc2cccc(P(c3ccccc3)c3ccccc3)c21. The fourth-order valence-corrected chi connectivity index (χ4v) is 6.54. The third-order valence-electron chi connectivity index (χ3n) is 5.02. The lowest BCUT2D eigenvalue weighted by molar-refractivity contribution is 0.593. The van der Waals surface area contributed by atoms with E-state index in [-0.39, 0.29) is 0 Å². The summed E-state index contributed by atoms with van der Waals surface area (Å²) >= 11 is 0. The topological polar surface area (TPSA) is 0 Å². The van der Waals surface area contributed by atoms with Crippen LogP contribution in [0.4, 0.5) is 0 Å². The van der Waals surface area contributed by atoms with Gasteiger partial charge in [0.1, 0.15) is 0 Å². The lowest BCUT2D eigenvalue weighted by Gasteiger charge is -2.29. The van der Waals surface area contributed by atoms with Crippen LogP contribution < -0.4 is 15.9 Å². The van der Waals surface area contributed by atoms with E-state index in [9.17, 15) is 0 Å². The maximum absolute atomic E-state index is 2.41. The number of hydrogen-bond donors (Lipinski definition) is 0. The normalized spacial score (nSPS) is 16.8. The van der Waals surface area contributed by atoms with Crippen LogP contribution in [0.3, 0.4) is 0 Å². The molecule has 0 bridgehead atoms. The predicted molar refractivity (Wildman–Crippen MR) is 107 cm³/mol. The van der Waals surface area contributed by atoms with Gasteiger partial charge in [-0.3, -0.25) is 0 Å². The summed E-state index contributed by atoms with van der Waals surface area (Å²) in [5.41, 5.74) is 3.20. The van der Waals surface area contributed by atoms with Crippen LogP contribution in [0.2, 0.25) is 0 Å². The van der Waals surface area contributed by atoms with E-state index in [1.165, 1.54) is 29.9 Å². The number of aryl methyl sites for hydroxylation is 1. The lowest BCUT2D eigenvalue weighted by atomic mass is 9.84. The van der Waals surface area contributed by atoms with Gasteiger partial charge in [-0.05, 0) is 60.1 Å². The molecule has 0 saturated heterocycles. The van der Waals surface area contributed by atoms with Gasteiger partial charge in [0.2, 0.25) is 0 Å². The molecule has 0 amide bonds. The molecule has 4 rings (SSSR count). The highest BCUT2D eigenvalue weighted by molar-refractivity contribution is 7.79. The molecule has 0 spiro atoms. The molecule has 24 heavy (non-hydrogen) atoms. The third kappa shape index (κ3) is 2.92. The zero-order valence-corrected chi connectivity index (χ0v) is 15.0. The summed E-state index contributed by atoms with van der Waals surface area (Å²) in [5, 5.41) is 4.46. The monoisotopic (exact) mass is 330 g/mol. The van der Waals surface area contributed by atoms with Crippen molar-refractivity contribution in [1.82, 2.24) is 0 Å². The first-order valence-electron chi connectivity index (χ1n) is 8.86. The second-order valence-electron chi connectivity index (χ2n) is 6.65. The first-order valence-corrected chi connectivity index (χ1v) is 10.2. The number of fused-ring (bicyclic) bond motifs is 1.